The molecule has 75 valence electrons. The van der Waals surface area contributed by atoms with Crippen molar-refractivity contribution in [2.45, 2.75) is 26.7 Å². The van der Waals surface area contributed by atoms with Gasteiger partial charge in [0, 0.05) is 13.1 Å². The van der Waals surface area contributed by atoms with Gasteiger partial charge in [-0.25, -0.2) is 5.32 Å². The number of piperidine rings is 1. The number of nitrogens with zero attached hydrogens (tertiary/aromatic N) is 1. The summed E-state index contributed by atoms with van der Waals surface area (Å²) in [5.41, 5.74) is 0. The van der Waals surface area contributed by atoms with E-state index in [0.29, 0.717) is 12.5 Å². The van der Waals surface area contributed by atoms with Gasteiger partial charge in [-0.3, -0.25) is 4.79 Å². The van der Waals surface area contributed by atoms with Crippen LogP contribution in [-0.4, -0.2) is 25.7 Å². The van der Waals surface area contributed by atoms with Crippen LogP contribution in [0.15, 0.2) is 0 Å². The van der Waals surface area contributed by atoms with Crippen LogP contribution < -0.4 is 5.32 Å². The van der Waals surface area contributed by atoms with Gasteiger partial charge in [0.15, 0.2) is 0 Å². The van der Waals surface area contributed by atoms with Gasteiger partial charge in [-0.15, -0.1) is 0 Å². The van der Waals surface area contributed by atoms with E-state index in [9.17, 15) is 4.79 Å². The Morgan fingerprint density at radius 2 is 2.46 bits per heavy atom. The van der Waals surface area contributed by atoms with Crippen LogP contribution in [0.25, 0.3) is 0 Å². The molecule has 1 rings (SSSR count). The van der Waals surface area contributed by atoms with Crippen LogP contribution >= 0.6 is 0 Å². The Morgan fingerprint density at radius 3 is 3.00 bits per heavy atom. The van der Waals surface area contributed by atoms with Crippen molar-refractivity contribution in [1.29, 1.82) is 0 Å². The minimum atomic E-state index is -0.0652. The Kier molecular flexibility index (Phi) is 4.22. The number of hydrogen-bond acceptors (Lipinski definition) is 2. The summed E-state index contributed by atoms with van der Waals surface area (Å²) < 4.78 is 4.98. The maximum Gasteiger partial charge on any atom is 0.308 e. The predicted molar refractivity (Wildman–Crippen MR) is 50.4 cm³/mol. The van der Waals surface area contributed by atoms with Crippen molar-refractivity contribution < 1.29 is 9.53 Å². The van der Waals surface area contributed by atoms with E-state index < -0.39 is 0 Å². The molecule has 1 aliphatic heterocycles. The van der Waals surface area contributed by atoms with E-state index in [-0.39, 0.29) is 11.9 Å². The van der Waals surface area contributed by atoms with Crippen LogP contribution in [0.4, 0.5) is 0 Å². The molecule has 1 aliphatic rings. The van der Waals surface area contributed by atoms with Gasteiger partial charge in [0.1, 0.15) is 0 Å². The molecule has 1 radical (unpaired) electrons. The van der Waals surface area contributed by atoms with Crippen LogP contribution in [0.1, 0.15) is 26.7 Å². The minimum absolute atomic E-state index is 0.0176. The molecular weight excluding hydrogens is 166 g/mol. The molecule has 3 nitrogen and oxygen atoms in total. The summed E-state index contributed by atoms with van der Waals surface area (Å²) in [4.78, 5) is 11.4. The largest absolute Gasteiger partial charge is 0.466 e. The molecule has 0 amide bonds. The molecule has 0 aromatic carbocycles. The van der Waals surface area contributed by atoms with Crippen molar-refractivity contribution in [3.05, 3.63) is 0 Å². The van der Waals surface area contributed by atoms with Crippen LogP contribution in [0.3, 0.4) is 0 Å². The topological polar surface area (TPSA) is 40.4 Å². The summed E-state index contributed by atoms with van der Waals surface area (Å²) in [6.45, 7) is 6.07. The lowest BCUT2D eigenvalue weighted by Gasteiger charge is -2.25. The van der Waals surface area contributed by atoms with Gasteiger partial charge < -0.3 is 4.74 Å². The number of esters is 1. The third-order valence-electron chi connectivity index (χ3n) is 2.62. The van der Waals surface area contributed by atoms with Crippen LogP contribution in [-0.2, 0) is 9.53 Å². The summed E-state index contributed by atoms with van der Waals surface area (Å²) in [5.74, 6) is 0.362. The van der Waals surface area contributed by atoms with Gasteiger partial charge in [-0.2, -0.15) is 0 Å². The quantitative estimate of drug-likeness (QED) is 0.618. The van der Waals surface area contributed by atoms with E-state index in [1.807, 2.05) is 13.8 Å². The standard InChI is InChI=1S/C10H18NO2/c1-3-13-10(12)8(2)9-5-4-6-11-7-9/h8-9H,3-7H2,1-2H3. The monoisotopic (exact) mass is 184 g/mol. The molecular formula is C10H18NO2. The molecule has 0 N–H and O–H groups in total. The van der Waals surface area contributed by atoms with Crippen LogP contribution in [0.5, 0.6) is 0 Å². The number of hydrogen-bond donors (Lipinski definition) is 0. The molecule has 3 heteroatoms. The molecule has 1 fully saturated rings. The maximum absolute atomic E-state index is 11.4. The van der Waals surface area contributed by atoms with Gasteiger partial charge in [-0.1, -0.05) is 6.92 Å². The molecule has 0 bridgehead atoms. The second-order valence-electron chi connectivity index (χ2n) is 3.57. The Bertz CT molecular complexity index is 164. The van der Waals surface area contributed by atoms with E-state index in [0.717, 1.165) is 25.9 Å². The number of carbonyl (C=O) groups excluding carboxylic acids is 1. The summed E-state index contributed by atoms with van der Waals surface area (Å²) in [6.07, 6.45) is 2.23. The van der Waals surface area contributed by atoms with E-state index in [1.54, 1.807) is 0 Å². The lowest BCUT2D eigenvalue weighted by atomic mass is 9.87. The zero-order valence-corrected chi connectivity index (χ0v) is 8.45. The zero-order chi connectivity index (χ0) is 9.68. The molecule has 2 atom stereocenters. The smallest absolute Gasteiger partial charge is 0.308 e. The fourth-order valence-corrected chi connectivity index (χ4v) is 1.69. The second kappa shape index (κ2) is 5.22. The fourth-order valence-electron chi connectivity index (χ4n) is 1.69. The van der Waals surface area contributed by atoms with E-state index in [4.69, 9.17) is 4.74 Å². The van der Waals surface area contributed by atoms with E-state index >= 15 is 0 Å². The highest BCUT2D eigenvalue weighted by molar-refractivity contribution is 5.72. The van der Waals surface area contributed by atoms with Gasteiger partial charge in [0.05, 0.1) is 12.5 Å². The molecule has 0 aromatic rings. The molecule has 1 heterocycles. The number of ether oxygens (including phenoxy) is 1. The van der Waals surface area contributed by atoms with Crippen LogP contribution in [0.2, 0.25) is 0 Å². The summed E-state index contributed by atoms with van der Waals surface area (Å²) in [6, 6.07) is 0. The van der Waals surface area contributed by atoms with Crippen molar-refractivity contribution in [2.75, 3.05) is 19.7 Å². The van der Waals surface area contributed by atoms with Crippen molar-refractivity contribution in [3.63, 3.8) is 0 Å². The lowest BCUT2D eigenvalue weighted by molar-refractivity contribution is -0.149. The highest BCUT2D eigenvalue weighted by Crippen LogP contribution is 2.21. The van der Waals surface area contributed by atoms with Crippen LogP contribution in [0, 0.1) is 11.8 Å². The molecule has 0 aliphatic carbocycles. The third-order valence-corrected chi connectivity index (χ3v) is 2.62. The lowest BCUT2D eigenvalue weighted by Crippen LogP contribution is -2.33. The average molecular weight is 184 g/mol. The molecule has 1 saturated heterocycles. The first-order valence-electron chi connectivity index (χ1n) is 5.05. The number of rotatable bonds is 3. The molecule has 0 saturated carbocycles. The highest BCUT2D eigenvalue weighted by atomic mass is 16.5. The normalized spacial score (nSPS) is 25.2. The second-order valence-corrected chi connectivity index (χ2v) is 3.57. The average Bonchev–Trinajstić information content (AvgIpc) is 2.18. The molecule has 13 heavy (non-hydrogen) atoms. The first-order chi connectivity index (χ1) is 6.25. The Morgan fingerprint density at radius 1 is 1.69 bits per heavy atom. The summed E-state index contributed by atoms with van der Waals surface area (Å²) in [5, 5.41) is 4.31. The van der Waals surface area contributed by atoms with Gasteiger partial charge in [-0.05, 0) is 25.7 Å². The Balaban J connectivity index is 2.35. The van der Waals surface area contributed by atoms with Crippen molar-refractivity contribution >= 4 is 5.97 Å². The van der Waals surface area contributed by atoms with Gasteiger partial charge in [0.2, 0.25) is 0 Å². The first-order valence-corrected chi connectivity index (χ1v) is 5.05. The fraction of sp³-hybridized carbons (Fsp3) is 0.900. The van der Waals surface area contributed by atoms with E-state index in [2.05, 4.69) is 5.32 Å². The van der Waals surface area contributed by atoms with Crippen molar-refractivity contribution in [2.24, 2.45) is 11.8 Å². The Hall–Kier alpha value is -0.570. The minimum Gasteiger partial charge on any atom is -0.466 e. The number of carbonyl (C=O) groups is 1. The first kappa shape index (κ1) is 10.5. The van der Waals surface area contributed by atoms with Crippen molar-refractivity contribution in [1.82, 2.24) is 5.32 Å². The van der Waals surface area contributed by atoms with E-state index in [1.165, 1.54) is 0 Å². The molecule has 2 unspecified atom stereocenters. The summed E-state index contributed by atoms with van der Waals surface area (Å²) in [7, 11) is 0. The third kappa shape index (κ3) is 2.99. The predicted octanol–water partition coefficient (Wildman–Crippen LogP) is 1.20. The molecule has 0 spiro atoms. The maximum atomic E-state index is 11.4. The summed E-state index contributed by atoms with van der Waals surface area (Å²) >= 11 is 0. The zero-order valence-electron chi connectivity index (χ0n) is 8.45. The van der Waals surface area contributed by atoms with Gasteiger partial charge in [0.25, 0.3) is 0 Å². The Labute approximate surface area is 79.8 Å². The highest BCUT2D eigenvalue weighted by Gasteiger charge is 2.26. The van der Waals surface area contributed by atoms with Gasteiger partial charge >= 0.3 is 5.97 Å². The molecule has 0 aromatic heterocycles. The van der Waals surface area contributed by atoms with Crippen molar-refractivity contribution in [3.8, 4) is 0 Å². The SMILES string of the molecule is CCOC(=O)C(C)C1CCC[N]C1.